The lowest BCUT2D eigenvalue weighted by atomic mass is 9.88. The Morgan fingerprint density at radius 2 is 1.63 bits per heavy atom. The molecule has 0 bridgehead atoms. The molecule has 1 atom stereocenters. The van der Waals surface area contributed by atoms with Gasteiger partial charge in [0.2, 0.25) is 5.91 Å². The Labute approximate surface area is 206 Å². The molecule has 1 aliphatic carbocycles. The number of amides is 2. The van der Waals surface area contributed by atoms with Gasteiger partial charge in [0.05, 0.1) is 5.92 Å². The number of rotatable bonds is 10. The molecule has 1 saturated heterocycles. The summed E-state index contributed by atoms with van der Waals surface area (Å²) >= 11 is 0. The summed E-state index contributed by atoms with van der Waals surface area (Å²) < 4.78 is 5.61. The zero-order chi connectivity index (χ0) is 24.9. The van der Waals surface area contributed by atoms with Crippen molar-refractivity contribution in [2.24, 2.45) is 17.8 Å². The number of carboxylic acid groups (broad SMARTS) is 1. The number of benzene rings is 2. The van der Waals surface area contributed by atoms with Crippen LogP contribution in [0.1, 0.15) is 50.2 Å². The number of hydrogen-bond acceptors (Lipinski definition) is 4. The number of ether oxygens (including phenoxy) is 1. The summed E-state index contributed by atoms with van der Waals surface area (Å²) in [4.78, 5) is 38.0. The maximum absolute atomic E-state index is 13.0. The summed E-state index contributed by atoms with van der Waals surface area (Å²) in [5, 5.41) is 11.6. The first-order valence-corrected chi connectivity index (χ1v) is 12.4. The highest BCUT2D eigenvalue weighted by atomic mass is 16.5. The molecule has 2 aromatic carbocycles. The first-order chi connectivity index (χ1) is 16.8. The van der Waals surface area contributed by atoms with Gasteiger partial charge in [-0.05, 0) is 46.9 Å². The van der Waals surface area contributed by atoms with E-state index in [4.69, 9.17) is 9.84 Å². The van der Waals surface area contributed by atoms with E-state index in [0.29, 0.717) is 25.4 Å². The minimum Gasteiger partial charge on any atom is -0.481 e. The van der Waals surface area contributed by atoms with Crippen LogP contribution in [0.5, 0.6) is 0 Å². The van der Waals surface area contributed by atoms with Crippen LogP contribution in [0.4, 0.5) is 4.79 Å². The Hall–Kier alpha value is -3.35. The molecule has 0 radical (unpaired) electrons. The van der Waals surface area contributed by atoms with Gasteiger partial charge >= 0.3 is 12.1 Å². The normalized spacial score (nSPS) is 15.8. The van der Waals surface area contributed by atoms with Gasteiger partial charge in [0.1, 0.15) is 6.61 Å². The minimum absolute atomic E-state index is 0.00479. The van der Waals surface area contributed by atoms with Crippen LogP contribution in [-0.4, -0.2) is 54.2 Å². The molecule has 0 saturated carbocycles. The van der Waals surface area contributed by atoms with Gasteiger partial charge in [-0.15, -0.1) is 0 Å². The second kappa shape index (κ2) is 10.9. The standard InChI is InChI=1S/C28H34N2O5/c1-18(2)24(27(33)30-15-19(16-30)8-7-13-26(31)32)14-29-28(34)35-17-25-22-11-5-3-9-20(22)21-10-4-6-12-23(21)25/h3-6,9-12,18-19,24-25H,7-8,13-17H2,1-2H3,(H,29,34)(H,31,32). The predicted octanol–water partition coefficient (Wildman–Crippen LogP) is 4.51. The third-order valence-corrected chi connectivity index (χ3v) is 7.20. The van der Waals surface area contributed by atoms with Crippen molar-refractivity contribution in [1.82, 2.24) is 10.2 Å². The van der Waals surface area contributed by atoms with Gasteiger partial charge in [-0.25, -0.2) is 4.79 Å². The molecule has 1 aliphatic heterocycles. The second-order valence-corrected chi connectivity index (χ2v) is 9.95. The van der Waals surface area contributed by atoms with E-state index in [9.17, 15) is 14.4 Å². The SMILES string of the molecule is CC(C)C(CNC(=O)OCC1c2ccccc2-c2ccccc21)C(=O)N1CC(CCCC(=O)O)C1. The molecule has 7 heteroatoms. The van der Waals surface area contributed by atoms with Crippen LogP contribution >= 0.6 is 0 Å². The summed E-state index contributed by atoms with van der Waals surface area (Å²) in [5.74, 6) is -0.640. The van der Waals surface area contributed by atoms with Crippen LogP contribution in [0.25, 0.3) is 11.1 Å². The fourth-order valence-electron chi connectivity index (χ4n) is 5.16. The number of aliphatic carboxylic acids is 1. The largest absolute Gasteiger partial charge is 0.481 e. The van der Waals surface area contributed by atoms with E-state index in [0.717, 1.165) is 17.5 Å². The third-order valence-electron chi connectivity index (χ3n) is 7.20. The van der Waals surface area contributed by atoms with Crippen molar-refractivity contribution >= 4 is 18.0 Å². The van der Waals surface area contributed by atoms with E-state index in [1.807, 2.05) is 43.0 Å². The van der Waals surface area contributed by atoms with Crippen LogP contribution < -0.4 is 5.32 Å². The van der Waals surface area contributed by atoms with Crippen LogP contribution in [0, 0.1) is 17.8 Å². The van der Waals surface area contributed by atoms with Crippen LogP contribution in [0.2, 0.25) is 0 Å². The maximum Gasteiger partial charge on any atom is 0.407 e. The zero-order valence-electron chi connectivity index (χ0n) is 20.4. The second-order valence-electron chi connectivity index (χ2n) is 9.95. The highest BCUT2D eigenvalue weighted by Crippen LogP contribution is 2.44. The van der Waals surface area contributed by atoms with E-state index < -0.39 is 12.1 Å². The summed E-state index contributed by atoms with van der Waals surface area (Å²) in [6, 6.07) is 16.4. The molecule has 2 amide bonds. The van der Waals surface area contributed by atoms with E-state index in [2.05, 4.69) is 29.6 Å². The Morgan fingerprint density at radius 1 is 1.03 bits per heavy atom. The minimum atomic E-state index is -0.781. The number of hydrogen-bond donors (Lipinski definition) is 2. The van der Waals surface area contributed by atoms with E-state index >= 15 is 0 Å². The molecule has 186 valence electrons. The molecule has 4 rings (SSSR count). The average molecular weight is 479 g/mol. The molecule has 0 spiro atoms. The topological polar surface area (TPSA) is 95.9 Å². The third kappa shape index (κ3) is 5.66. The number of fused-ring (bicyclic) bond motifs is 3. The van der Waals surface area contributed by atoms with Gasteiger partial charge in [-0.2, -0.15) is 0 Å². The Balaban J connectivity index is 1.26. The van der Waals surface area contributed by atoms with Crippen molar-refractivity contribution in [3.05, 3.63) is 59.7 Å². The van der Waals surface area contributed by atoms with Crippen molar-refractivity contribution in [3.8, 4) is 11.1 Å². The van der Waals surface area contributed by atoms with Crippen LogP contribution in [0.3, 0.4) is 0 Å². The van der Waals surface area contributed by atoms with E-state index in [1.165, 1.54) is 11.1 Å². The molecule has 35 heavy (non-hydrogen) atoms. The van der Waals surface area contributed by atoms with Gasteiger partial charge in [0.15, 0.2) is 0 Å². The first-order valence-electron chi connectivity index (χ1n) is 12.4. The number of carbonyl (C=O) groups excluding carboxylic acids is 2. The summed E-state index contributed by atoms with van der Waals surface area (Å²) in [7, 11) is 0. The Kier molecular flexibility index (Phi) is 7.73. The quantitative estimate of drug-likeness (QED) is 0.524. The molecule has 1 unspecified atom stereocenters. The number of carbonyl (C=O) groups is 3. The van der Waals surface area contributed by atoms with Crippen molar-refractivity contribution < 1.29 is 24.2 Å². The summed E-state index contributed by atoms with van der Waals surface area (Å²) in [5.41, 5.74) is 4.68. The Morgan fingerprint density at radius 3 is 2.20 bits per heavy atom. The van der Waals surface area contributed by atoms with Gasteiger partial charge in [0.25, 0.3) is 0 Å². The maximum atomic E-state index is 13.0. The molecule has 1 fully saturated rings. The smallest absolute Gasteiger partial charge is 0.407 e. The number of likely N-dealkylation sites (tertiary alicyclic amines) is 1. The Bertz CT molecular complexity index is 1030. The fourth-order valence-corrected chi connectivity index (χ4v) is 5.16. The molecule has 1 heterocycles. The molecule has 7 nitrogen and oxygen atoms in total. The van der Waals surface area contributed by atoms with Gasteiger partial charge in [-0.1, -0.05) is 62.4 Å². The lowest BCUT2D eigenvalue weighted by Crippen LogP contribution is -2.54. The highest BCUT2D eigenvalue weighted by molar-refractivity contribution is 5.81. The van der Waals surface area contributed by atoms with E-state index in [1.54, 1.807) is 0 Å². The van der Waals surface area contributed by atoms with Gasteiger partial charge in [-0.3, -0.25) is 9.59 Å². The van der Waals surface area contributed by atoms with Crippen LogP contribution in [0.15, 0.2) is 48.5 Å². The van der Waals surface area contributed by atoms with Crippen molar-refractivity contribution in [1.29, 1.82) is 0 Å². The van der Waals surface area contributed by atoms with Gasteiger partial charge < -0.3 is 20.1 Å². The summed E-state index contributed by atoms with van der Waals surface area (Å²) in [6.45, 7) is 5.75. The van der Waals surface area contributed by atoms with Crippen molar-refractivity contribution in [3.63, 3.8) is 0 Å². The fraction of sp³-hybridized carbons (Fsp3) is 0.464. The highest BCUT2D eigenvalue weighted by Gasteiger charge is 2.35. The predicted molar refractivity (Wildman–Crippen MR) is 133 cm³/mol. The molecular weight excluding hydrogens is 444 g/mol. The number of nitrogens with one attached hydrogen (secondary N) is 1. The molecule has 2 N–H and O–H groups in total. The first kappa shape index (κ1) is 24.8. The molecular formula is C28H34N2O5. The van der Waals surface area contributed by atoms with E-state index in [-0.39, 0.29) is 43.2 Å². The van der Waals surface area contributed by atoms with Crippen molar-refractivity contribution in [2.45, 2.75) is 39.0 Å². The lowest BCUT2D eigenvalue weighted by Gasteiger charge is -2.42. The van der Waals surface area contributed by atoms with Crippen molar-refractivity contribution in [2.75, 3.05) is 26.2 Å². The molecule has 2 aliphatic rings. The molecule has 0 aromatic heterocycles. The monoisotopic (exact) mass is 478 g/mol. The number of carboxylic acids is 1. The number of alkyl carbamates (subject to hydrolysis) is 1. The molecule has 2 aromatic rings. The zero-order valence-corrected chi connectivity index (χ0v) is 20.4. The van der Waals surface area contributed by atoms with Gasteiger partial charge in [0, 0.05) is 32.0 Å². The lowest BCUT2D eigenvalue weighted by molar-refractivity contribution is -0.144. The average Bonchev–Trinajstić information content (AvgIpc) is 3.12. The summed E-state index contributed by atoms with van der Waals surface area (Å²) in [6.07, 6.45) is 1.11. The number of nitrogens with zero attached hydrogens (tertiary/aromatic N) is 1. The van der Waals surface area contributed by atoms with Crippen LogP contribution in [-0.2, 0) is 14.3 Å².